The molecule has 3 aliphatic rings. The molecule has 3 heteroatoms. The summed E-state index contributed by atoms with van der Waals surface area (Å²) in [6, 6.07) is 18.7. The maximum Gasteiger partial charge on any atom is 0.123 e. The van der Waals surface area contributed by atoms with E-state index in [-0.39, 0.29) is 5.82 Å². The second kappa shape index (κ2) is 5.73. The van der Waals surface area contributed by atoms with E-state index in [2.05, 4.69) is 40.5 Å². The van der Waals surface area contributed by atoms with E-state index in [0.717, 1.165) is 25.2 Å². The Bertz CT molecular complexity index is 626. The van der Waals surface area contributed by atoms with Crippen LogP contribution < -0.4 is 10.2 Å². The van der Waals surface area contributed by atoms with Crippen molar-refractivity contribution < 1.29 is 4.39 Å². The summed E-state index contributed by atoms with van der Waals surface area (Å²) in [5.41, 5.74) is 2.56. The molecule has 3 unspecified atom stereocenters. The Kier molecular flexibility index (Phi) is 3.59. The number of benzene rings is 2. The molecule has 3 atom stereocenters. The lowest BCUT2D eigenvalue weighted by molar-refractivity contribution is 0.203. The molecule has 2 aromatic rings. The summed E-state index contributed by atoms with van der Waals surface area (Å²) in [7, 11) is 0. The molecular formula is C19H21FN2. The van der Waals surface area contributed by atoms with Crippen molar-refractivity contribution in [2.24, 2.45) is 5.92 Å². The Morgan fingerprint density at radius 2 is 1.82 bits per heavy atom. The van der Waals surface area contributed by atoms with Crippen molar-refractivity contribution in [3.63, 3.8) is 0 Å². The fourth-order valence-electron chi connectivity index (χ4n) is 4.00. The predicted molar refractivity (Wildman–Crippen MR) is 87.6 cm³/mol. The van der Waals surface area contributed by atoms with Gasteiger partial charge < -0.3 is 10.2 Å². The molecule has 114 valence electrons. The number of hydrogen-bond donors (Lipinski definition) is 1. The molecule has 0 radical (unpaired) electrons. The van der Waals surface area contributed by atoms with Crippen LogP contribution >= 0.6 is 0 Å². The van der Waals surface area contributed by atoms with Crippen LogP contribution in [-0.2, 0) is 6.42 Å². The summed E-state index contributed by atoms with van der Waals surface area (Å²) in [6.45, 7) is 2.06. The van der Waals surface area contributed by atoms with Gasteiger partial charge in [-0.15, -0.1) is 0 Å². The number of halogens is 1. The monoisotopic (exact) mass is 296 g/mol. The topological polar surface area (TPSA) is 15.3 Å². The van der Waals surface area contributed by atoms with Crippen molar-refractivity contribution in [3.05, 3.63) is 66.0 Å². The number of nitrogens with zero attached hydrogens (tertiary/aromatic N) is 1. The van der Waals surface area contributed by atoms with Gasteiger partial charge in [0.15, 0.2) is 0 Å². The van der Waals surface area contributed by atoms with E-state index in [1.807, 2.05) is 12.1 Å². The van der Waals surface area contributed by atoms with Gasteiger partial charge in [0.05, 0.1) is 0 Å². The van der Waals surface area contributed by atoms with Crippen LogP contribution in [0.1, 0.15) is 12.0 Å². The third kappa shape index (κ3) is 2.61. The average Bonchev–Trinajstić information content (AvgIpc) is 2.57. The van der Waals surface area contributed by atoms with Crippen molar-refractivity contribution in [1.29, 1.82) is 0 Å². The molecule has 3 aliphatic heterocycles. The third-order valence-corrected chi connectivity index (χ3v) is 5.06. The molecule has 3 saturated heterocycles. The number of piperazine rings is 1. The van der Waals surface area contributed by atoms with Crippen molar-refractivity contribution >= 4 is 5.69 Å². The lowest BCUT2D eigenvalue weighted by Gasteiger charge is -2.51. The molecule has 0 saturated carbocycles. The molecule has 0 aromatic heterocycles. The second-order valence-electron chi connectivity index (χ2n) is 6.49. The van der Waals surface area contributed by atoms with E-state index in [4.69, 9.17) is 0 Å². The van der Waals surface area contributed by atoms with Gasteiger partial charge in [-0.2, -0.15) is 0 Å². The number of fused-ring (bicyclic) bond motifs is 3. The average molecular weight is 296 g/mol. The lowest BCUT2D eigenvalue weighted by atomic mass is 9.78. The highest BCUT2D eigenvalue weighted by Gasteiger charge is 2.40. The van der Waals surface area contributed by atoms with E-state index < -0.39 is 0 Å². The third-order valence-electron chi connectivity index (χ3n) is 5.06. The maximum absolute atomic E-state index is 13.2. The molecular weight excluding hydrogens is 275 g/mol. The Balaban J connectivity index is 1.56. The zero-order valence-electron chi connectivity index (χ0n) is 12.6. The molecule has 2 bridgehead atoms. The van der Waals surface area contributed by atoms with Gasteiger partial charge in [-0.05, 0) is 48.6 Å². The smallest absolute Gasteiger partial charge is 0.123 e. The highest BCUT2D eigenvalue weighted by atomic mass is 19.1. The Labute approximate surface area is 131 Å². The van der Waals surface area contributed by atoms with E-state index in [9.17, 15) is 4.39 Å². The predicted octanol–water partition coefficient (Wildman–Crippen LogP) is 3.24. The number of anilines is 1. The number of hydrogen-bond acceptors (Lipinski definition) is 2. The van der Waals surface area contributed by atoms with E-state index >= 15 is 0 Å². The molecule has 0 aliphatic carbocycles. The van der Waals surface area contributed by atoms with Crippen molar-refractivity contribution in [1.82, 2.24) is 5.32 Å². The van der Waals surface area contributed by atoms with Crippen LogP contribution in [0, 0.1) is 11.7 Å². The van der Waals surface area contributed by atoms with Crippen LogP contribution in [0.15, 0.2) is 54.6 Å². The standard InChI is InChI=1S/C19H21FN2/c20-16-6-8-18(9-7-16)22-13-17-11-15(19(22)12-21-17)10-14-4-2-1-3-5-14/h1-9,15,17,19,21H,10-13H2. The first-order valence-electron chi connectivity index (χ1n) is 8.09. The first-order chi connectivity index (χ1) is 10.8. The van der Waals surface area contributed by atoms with Crippen molar-refractivity contribution in [3.8, 4) is 0 Å². The molecule has 22 heavy (non-hydrogen) atoms. The minimum atomic E-state index is -0.162. The fourth-order valence-corrected chi connectivity index (χ4v) is 4.00. The van der Waals surface area contributed by atoms with Gasteiger partial charge in [0.1, 0.15) is 5.82 Å². The maximum atomic E-state index is 13.2. The quantitative estimate of drug-likeness (QED) is 0.935. The Morgan fingerprint density at radius 1 is 1.05 bits per heavy atom. The molecule has 5 rings (SSSR count). The van der Waals surface area contributed by atoms with E-state index in [1.54, 1.807) is 12.1 Å². The van der Waals surface area contributed by atoms with Gasteiger partial charge in [-0.3, -0.25) is 0 Å². The zero-order chi connectivity index (χ0) is 14.9. The summed E-state index contributed by atoms with van der Waals surface area (Å²) < 4.78 is 13.2. The van der Waals surface area contributed by atoms with Gasteiger partial charge in [-0.25, -0.2) is 4.39 Å². The summed E-state index contributed by atoms with van der Waals surface area (Å²) in [6.07, 6.45) is 2.36. The summed E-state index contributed by atoms with van der Waals surface area (Å²) >= 11 is 0. The number of piperidine rings is 2. The van der Waals surface area contributed by atoms with Crippen LogP contribution in [0.5, 0.6) is 0 Å². The summed E-state index contributed by atoms with van der Waals surface area (Å²) in [4.78, 5) is 2.47. The SMILES string of the molecule is Fc1ccc(N2CC3CC(Cc4ccccc4)C2CN3)cc1. The first kappa shape index (κ1) is 13.8. The molecule has 0 spiro atoms. The molecule has 1 N–H and O–H groups in total. The minimum absolute atomic E-state index is 0.162. The van der Waals surface area contributed by atoms with Gasteiger partial charge in [0, 0.05) is 30.9 Å². The molecule has 0 amide bonds. The van der Waals surface area contributed by atoms with E-state index in [0.29, 0.717) is 18.0 Å². The number of nitrogens with one attached hydrogen (secondary N) is 1. The van der Waals surface area contributed by atoms with Gasteiger partial charge in [0.2, 0.25) is 0 Å². The lowest BCUT2D eigenvalue weighted by Crippen LogP contribution is -2.65. The van der Waals surface area contributed by atoms with Crippen LogP contribution in [0.3, 0.4) is 0 Å². The molecule has 3 heterocycles. The highest BCUT2D eigenvalue weighted by molar-refractivity contribution is 5.49. The van der Waals surface area contributed by atoms with Crippen LogP contribution in [0.4, 0.5) is 10.1 Å². The minimum Gasteiger partial charge on any atom is -0.365 e. The first-order valence-corrected chi connectivity index (χ1v) is 8.09. The normalized spacial score (nSPS) is 27.1. The molecule has 2 aromatic carbocycles. The fraction of sp³-hybridized carbons (Fsp3) is 0.368. The van der Waals surface area contributed by atoms with E-state index in [1.165, 1.54) is 12.0 Å². The molecule has 2 nitrogen and oxygen atoms in total. The van der Waals surface area contributed by atoms with Crippen molar-refractivity contribution in [2.75, 3.05) is 18.0 Å². The van der Waals surface area contributed by atoms with Crippen LogP contribution in [-0.4, -0.2) is 25.2 Å². The van der Waals surface area contributed by atoms with Crippen LogP contribution in [0.25, 0.3) is 0 Å². The van der Waals surface area contributed by atoms with Crippen LogP contribution in [0.2, 0.25) is 0 Å². The zero-order valence-corrected chi connectivity index (χ0v) is 12.6. The largest absolute Gasteiger partial charge is 0.365 e. The highest BCUT2D eigenvalue weighted by Crippen LogP contribution is 2.34. The Morgan fingerprint density at radius 3 is 2.55 bits per heavy atom. The molecule has 3 fully saturated rings. The van der Waals surface area contributed by atoms with Gasteiger partial charge >= 0.3 is 0 Å². The summed E-state index contributed by atoms with van der Waals surface area (Å²) in [5.74, 6) is 0.498. The second-order valence-corrected chi connectivity index (χ2v) is 6.49. The summed E-state index contributed by atoms with van der Waals surface area (Å²) in [5, 5.41) is 3.63. The van der Waals surface area contributed by atoms with Gasteiger partial charge in [0.25, 0.3) is 0 Å². The Hall–Kier alpha value is -1.87. The van der Waals surface area contributed by atoms with Gasteiger partial charge in [-0.1, -0.05) is 30.3 Å². The number of rotatable bonds is 3. The van der Waals surface area contributed by atoms with Crippen molar-refractivity contribution in [2.45, 2.75) is 24.9 Å².